The second-order valence-electron chi connectivity index (χ2n) is 6.11. The first kappa shape index (κ1) is 17.2. The molecule has 0 fully saturated rings. The number of aromatic nitrogens is 1. The average molecular weight is 371 g/mol. The van der Waals surface area contributed by atoms with Crippen molar-refractivity contribution in [2.75, 3.05) is 0 Å². The molecule has 0 bridgehead atoms. The second kappa shape index (κ2) is 6.50. The summed E-state index contributed by atoms with van der Waals surface area (Å²) in [5, 5.41) is 8.19. The molecule has 0 spiro atoms. The van der Waals surface area contributed by atoms with Crippen molar-refractivity contribution in [1.29, 1.82) is 0 Å². The summed E-state index contributed by atoms with van der Waals surface area (Å²) < 4.78 is 49.2. The number of hydrogen-bond donors (Lipinski definition) is 0. The largest absolute Gasteiger partial charge is 0.487 e. The van der Waals surface area contributed by atoms with Crippen LogP contribution in [0.2, 0.25) is 0 Å². The average Bonchev–Trinajstić information content (AvgIpc) is 3.25. The first-order chi connectivity index (χ1) is 12.9. The summed E-state index contributed by atoms with van der Waals surface area (Å²) in [5.74, 6) is 1.10. The highest BCUT2D eigenvalue weighted by Crippen LogP contribution is 2.33. The van der Waals surface area contributed by atoms with Crippen LogP contribution in [0.5, 0.6) is 5.75 Å². The van der Waals surface area contributed by atoms with Crippen molar-refractivity contribution in [1.82, 2.24) is 10.5 Å². The standard InChI is InChI=1S/C20H14F3N2O2/c1-12-18(11-26-16-6-7-17-14(10-16)8-9-24-17)25-27-19(12)13-2-4-15(5-3-13)20(21,22)23/h2-10H,11H2,1H3. The Hall–Kier alpha value is -3.22. The number of fused-ring (bicyclic) bond motifs is 1. The Bertz CT molecular complexity index is 1010. The molecule has 4 nitrogen and oxygen atoms in total. The van der Waals surface area contributed by atoms with Gasteiger partial charge >= 0.3 is 6.18 Å². The molecule has 0 amide bonds. The molecule has 0 N–H and O–H groups in total. The Morgan fingerprint density at radius 1 is 1.07 bits per heavy atom. The lowest BCUT2D eigenvalue weighted by atomic mass is 10.1. The Kier molecular flexibility index (Phi) is 4.14. The van der Waals surface area contributed by atoms with Crippen LogP contribution in [-0.2, 0) is 12.8 Å². The lowest BCUT2D eigenvalue weighted by Crippen LogP contribution is -2.04. The van der Waals surface area contributed by atoms with Gasteiger partial charge in [-0.05, 0) is 43.3 Å². The first-order valence-electron chi connectivity index (χ1n) is 8.19. The molecule has 2 aromatic carbocycles. The summed E-state index contributed by atoms with van der Waals surface area (Å²) >= 11 is 0. The van der Waals surface area contributed by atoms with Crippen LogP contribution in [0.3, 0.4) is 0 Å². The smallest absolute Gasteiger partial charge is 0.416 e. The van der Waals surface area contributed by atoms with Gasteiger partial charge in [-0.15, -0.1) is 0 Å². The van der Waals surface area contributed by atoms with Gasteiger partial charge in [0.2, 0.25) is 0 Å². The van der Waals surface area contributed by atoms with Gasteiger partial charge in [0.05, 0.1) is 11.3 Å². The van der Waals surface area contributed by atoms with Crippen LogP contribution in [-0.4, -0.2) is 5.16 Å². The van der Waals surface area contributed by atoms with Crippen molar-refractivity contribution in [3.05, 3.63) is 71.0 Å². The van der Waals surface area contributed by atoms with E-state index in [1.54, 1.807) is 13.1 Å². The van der Waals surface area contributed by atoms with Crippen LogP contribution in [0.25, 0.3) is 17.4 Å². The molecule has 27 heavy (non-hydrogen) atoms. The van der Waals surface area contributed by atoms with Crippen molar-refractivity contribution in [2.45, 2.75) is 19.7 Å². The van der Waals surface area contributed by atoms with E-state index in [0.717, 1.165) is 28.9 Å². The maximum Gasteiger partial charge on any atom is 0.416 e. The molecule has 1 aliphatic heterocycles. The van der Waals surface area contributed by atoms with Gasteiger partial charge in [-0.1, -0.05) is 17.3 Å². The molecule has 4 rings (SSSR count). The Morgan fingerprint density at radius 2 is 1.85 bits per heavy atom. The summed E-state index contributed by atoms with van der Waals surface area (Å²) in [6.07, 6.45) is -0.745. The van der Waals surface area contributed by atoms with Gasteiger partial charge in [0, 0.05) is 22.9 Å². The zero-order valence-electron chi connectivity index (χ0n) is 14.2. The van der Waals surface area contributed by atoms with Crippen LogP contribution in [0, 0.1) is 6.92 Å². The van der Waals surface area contributed by atoms with E-state index in [9.17, 15) is 13.2 Å². The zero-order chi connectivity index (χ0) is 19.0. The molecule has 0 unspecified atom stereocenters. The van der Waals surface area contributed by atoms with Gasteiger partial charge in [-0.3, -0.25) is 5.32 Å². The number of ether oxygens (including phenoxy) is 1. The monoisotopic (exact) mass is 371 g/mol. The highest BCUT2D eigenvalue weighted by molar-refractivity contribution is 5.70. The van der Waals surface area contributed by atoms with Gasteiger partial charge in [-0.2, -0.15) is 13.2 Å². The third kappa shape index (κ3) is 3.40. The minimum absolute atomic E-state index is 0.190. The molecule has 1 aromatic heterocycles. The van der Waals surface area contributed by atoms with E-state index < -0.39 is 11.7 Å². The van der Waals surface area contributed by atoms with Crippen molar-refractivity contribution in [3.63, 3.8) is 0 Å². The van der Waals surface area contributed by atoms with Crippen LogP contribution in [0.4, 0.5) is 18.9 Å². The van der Waals surface area contributed by atoms with E-state index in [1.807, 2.05) is 24.3 Å². The fraction of sp³-hybridized carbons (Fsp3) is 0.150. The van der Waals surface area contributed by atoms with E-state index in [2.05, 4.69) is 10.5 Å². The van der Waals surface area contributed by atoms with E-state index in [-0.39, 0.29) is 6.61 Å². The zero-order valence-corrected chi connectivity index (χ0v) is 14.2. The fourth-order valence-corrected chi connectivity index (χ4v) is 2.81. The number of benzene rings is 2. The highest BCUT2D eigenvalue weighted by atomic mass is 19.4. The van der Waals surface area contributed by atoms with E-state index >= 15 is 0 Å². The number of hydrogen-bond acceptors (Lipinski definition) is 3. The summed E-state index contributed by atoms with van der Waals surface area (Å²) in [5.41, 5.74) is 3.02. The molecular formula is C20H14F3N2O2. The maximum atomic E-state index is 12.7. The lowest BCUT2D eigenvalue weighted by molar-refractivity contribution is -0.137. The van der Waals surface area contributed by atoms with E-state index in [4.69, 9.17) is 9.26 Å². The number of rotatable bonds is 4. The number of alkyl halides is 3. The third-order valence-corrected chi connectivity index (χ3v) is 4.34. The molecule has 2 heterocycles. The van der Waals surface area contributed by atoms with Gasteiger partial charge in [0.25, 0.3) is 0 Å². The summed E-state index contributed by atoms with van der Waals surface area (Å²) in [7, 11) is 0. The normalized spacial score (nSPS) is 12.7. The SMILES string of the molecule is Cc1c(COc2ccc3c(c2)C=C[N]3)noc1-c1ccc(C(F)(F)F)cc1. The molecule has 0 atom stereocenters. The van der Waals surface area contributed by atoms with Gasteiger partial charge < -0.3 is 9.26 Å². The Morgan fingerprint density at radius 3 is 2.59 bits per heavy atom. The summed E-state index contributed by atoms with van der Waals surface area (Å²) in [6, 6.07) is 10.4. The lowest BCUT2D eigenvalue weighted by Gasteiger charge is -2.07. The summed E-state index contributed by atoms with van der Waals surface area (Å²) in [4.78, 5) is 0. The highest BCUT2D eigenvalue weighted by Gasteiger charge is 2.30. The van der Waals surface area contributed by atoms with E-state index in [0.29, 0.717) is 22.8 Å². The predicted molar refractivity (Wildman–Crippen MR) is 93.3 cm³/mol. The van der Waals surface area contributed by atoms with Crippen molar-refractivity contribution >= 4 is 11.8 Å². The van der Waals surface area contributed by atoms with E-state index in [1.165, 1.54) is 12.1 Å². The molecule has 137 valence electrons. The molecule has 7 heteroatoms. The van der Waals surface area contributed by atoms with Crippen LogP contribution < -0.4 is 10.1 Å². The Balaban J connectivity index is 1.50. The molecule has 0 aliphatic carbocycles. The predicted octanol–water partition coefficient (Wildman–Crippen LogP) is 5.47. The molecule has 1 aliphatic rings. The number of halogens is 3. The molecular weight excluding hydrogens is 357 g/mol. The minimum atomic E-state index is -4.37. The maximum absolute atomic E-state index is 12.7. The second-order valence-corrected chi connectivity index (χ2v) is 6.11. The van der Waals surface area contributed by atoms with Crippen LogP contribution >= 0.6 is 0 Å². The molecule has 3 aromatic rings. The summed E-state index contributed by atoms with van der Waals surface area (Å²) in [6.45, 7) is 1.99. The minimum Gasteiger partial charge on any atom is -0.487 e. The first-order valence-corrected chi connectivity index (χ1v) is 8.19. The van der Waals surface area contributed by atoms with Crippen molar-refractivity contribution < 1.29 is 22.4 Å². The van der Waals surface area contributed by atoms with Crippen LogP contribution in [0.1, 0.15) is 22.4 Å². The van der Waals surface area contributed by atoms with Gasteiger partial charge in [-0.25, -0.2) is 0 Å². The third-order valence-electron chi connectivity index (χ3n) is 4.34. The molecule has 0 saturated heterocycles. The molecule has 1 radical (unpaired) electrons. The topological polar surface area (TPSA) is 49.4 Å². The quantitative estimate of drug-likeness (QED) is 0.611. The van der Waals surface area contributed by atoms with Gasteiger partial charge in [0.1, 0.15) is 18.1 Å². The number of nitrogens with zero attached hydrogens (tertiary/aromatic N) is 2. The Labute approximate surface area is 153 Å². The van der Waals surface area contributed by atoms with Gasteiger partial charge in [0.15, 0.2) is 5.76 Å². The van der Waals surface area contributed by atoms with Crippen LogP contribution in [0.15, 0.2) is 53.2 Å². The van der Waals surface area contributed by atoms with Crippen molar-refractivity contribution in [3.8, 4) is 17.1 Å². The molecule has 0 saturated carbocycles. The fourth-order valence-electron chi connectivity index (χ4n) is 2.81. The van der Waals surface area contributed by atoms with Crippen molar-refractivity contribution in [2.24, 2.45) is 0 Å².